The Morgan fingerprint density at radius 1 is 1.36 bits per heavy atom. The molecule has 1 amide bonds. The third-order valence-corrected chi connectivity index (χ3v) is 5.45. The third kappa shape index (κ3) is 3.87. The second-order valence-electron chi connectivity index (χ2n) is 7.47. The highest BCUT2D eigenvalue weighted by Gasteiger charge is 2.49. The fourth-order valence-corrected chi connectivity index (χ4v) is 4.09. The molecule has 0 unspecified atom stereocenters. The van der Waals surface area contributed by atoms with E-state index < -0.39 is 0 Å². The summed E-state index contributed by atoms with van der Waals surface area (Å²) in [7, 11) is 0. The summed E-state index contributed by atoms with van der Waals surface area (Å²) in [5, 5.41) is 0. The molecule has 3 heterocycles. The van der Waals surface area contributed by atoms with Crippen molar-refractivity contribution in [3.63, 3.8) is 0 Å². The first-order valence-electron chi connectivity index (χ1n) is 9.40. The van der Waals surface area contributed by atoms with Crippen LogP contribution in [-0.2, 0) is 9.53 Å². The number of likely N-dealkylation sites (tertiary alicyclic amines) is 1. The van der Waals surface area contributed by atoms with E-state index in [0.717, 1.165) is 25.7 Å². The van der Waals surface area contributed by atoms with E-state index in [0.29, 0.717) is 32.0 Å². The lowest BCUT2D eigenvalue weighted by Crippen LogP contribution is -2.67. The lowest BCUT2D eigenvalue weighted by molar-refractivity contribution is -0.193. The Hall–Kier alpha value is -1.88. The van der Waals surface area contributed by atoms with Gasteiger partial charge in [-0.2, -0.15) is 0 Å². The summed E-state index contributed by atoms with van der Waals surface area (Å²) in [6.07, 6.45) is 11.1. The van der Waals surface area contributed by atoms with Crippen LogP contribution in [0.2, 0.25) is 0 Å². The first-order valence-corrected chi connectivity index (χ1v) is 9.40. The number of pyridine rings is 1. The zero-order chi connectivity index (χ0) is 17.1. The lowest BCUT2D eigenvalue weighted by atomic mass is 9.84. The molecule has 3 aliphatic rings. The van der Waals surface area contributed by atoms with Crippen molar-refractivity contribution < 1.29 is 14.3 Å². The number of allylic oxidation sites excluding steroid dienone is 1. The van der Waals surface area contributed by atoms with Gasteiger partial charge in [-0.3, -0.25) is 4.79 Å². The minimum absolute atomic E-state index is 0.113. The van der Waals surface area contributed by atoms with Crippen molar-refractivity contribution in [1.82, 2.24) is 9.88 Å². The number of rotatable bonds is 4. The van der Waals surface area contributed by atoms with Gasteiger partial charge in [0.05, 0.1) is 19.7 Å². The van der Waals surface area contributed by atoms with E-state index in [9.17, 15) is 4.79 Å². The van der Waals surface area contributed by atoms with Crippen molar-refractivity contribution in [2.75, 3.05) is 19.7 Å². The highest BCUT2D eigenvalue weighted by Crippen LogP contribution is 2.36. The molecule has 1 aliphatic carbocycles. The molecule has 2 saturated heterocycles. The van der Waals surface area contributed by atoms with Crippen LogP contribution in [0.25, 0.3) is 0 Å². The molecule has 1 spiro atoms. The first kappa shape index (κ1) is 16.6. The number of hydrogen-bond donors (Lipinski definition) is 0. The Morgan fingerprint density at radius 3 is 3.04 bits per heavy atom. The topological polar surface area (TPSA) is 51.7 Å². The molecule has 25 heavy (non-hydrogen) atoms. The van der Waals surface area contributed by atoms with Crippen LogP contribution in [0.1, 0.15) is 44.9 Å². The molecule has 5 heteroatoms. The van der Waals surface area contributed by atoms with Crippen LogP contribution >= 0.6 is 0 Å². The highest BCUT2D eigenvalue weighted by molar-refractivity contribution is 5.80. The average Bonchev–Trinajstić information content (AvgIpc) is 2.61. The molecule has 1 aromatic rings. The van der Waals surface area contributed by atoms with E-state index in [1.807, 2.05) is 23.1 Å². The molecule has 2 fully saturated rings. The Labute approximate surface area is 149 Å². The number of hydrogen-bond acceptors (Lipinski definition) is 4. The van der Waals surface area contributed by atoms with Crippen LogP contribution in [0, 0.1) is 0 Å². The molecule has 0 bridgehead atoms. The zero-order valence-corrected chi connectivity index (χ0v) is 14.7. The quantitative estimate of drug-likeness (QED) is 0.789. The van der Waals surface area contributed by atoms with E-state index in [-0.39, 0.29) is 17.6 Å². The Balaban J connectivity index is 1.29. The molecule has 4 rings (SSSR count). The minimum Gasteiger partial charge on any atom is -0.474 e. The summed E-state index contributed by atoms with van der Waals surface area (Å²) in [6.45, 7) is 2.08. The van der Waals surface area contributed by atoms with Crippen molar-refractivity contribution in [3.05, 3.63) is 36.0 Å². The molecule has 0 N–H and O–H groups in total. The van der Waals surface area contributed by atoms with Crippen molar-refractivity contribution in [2.24, 2.45) is 0 Å². The predicted octanol–water partition coefficient (Wildman–Crippen LogP) is 3.11. The van der Waals surface area contributed by atoms with Gasteiger partial charge in [0.25, 0.3) is 0 Å². The number of carbonyl (C=O) groups is 1. The van der Waals surface area contributed by atoms with E-state index >= 15 is 0 Å². The number of amides is 1. The standard InChI is InChI=1S/C20H26N2O3/c23-19(12-16-6-2-1-3-7-16)22-14-20(15-22)13-17(9-11-24-20)25-18-8-4-5-10-21-18/h4-6,8,10,17H,1-3,7,9,11-15H2/t17-/m0/s1. The maximum atomic E-state index is 12.5. The minimum atomic E-state index is -0.214. The molecule has 5 nitrogen and oxygen atoms in total. The maximum Gasteiger partial charge on any atom is 0.226 e. The maximum absolute atomic E-state index is 12.5. The molecule has 0 radical (unpaired) electrons. The molecule has 2 aliphatic heterocycles. The summed E-state index contributed by atoms with van der Waals surface area (Å²) >= 11 is 0. The monoisotopic (exact) mass is 342 g/mol. The summed E-state index contributed by atoms with van der Waals surface area (Å²) in [5.74, 6) is 0.913. The van der Waals surface area contributed by atoms with Crippen LogP contribution in [0.3, 0.4) is 0 Å². The fraction of sp³-hybridized carbons (Fsp3) is 0.600. The van der Waals surface area contributed by atoms with Crippen LogP contribution in [0.4, 0.5) is 0 Å². The van der Waals surface area contributed by atoms with E-state index in [1.54, 1.807) is 6.20 Å². The van der Waals surface area contributed by atoms with Gasteiger partial charge in [0.1, 0.15) is 11.7 Å². The largest absolute Gasteiger partial charge is 0.474 e. The van der Waals surface area contributed by atoms with Crippen LogP contribution < -0.4 is 4.74 Å². The number of carbonyl (C=O) groups excluding carboxylic acids is 1. The van der Waals surface area contributed by atoms with Crippen molar-refractivity contribution in [2.45, 2.75) is 56.7 Å². The van der Waals surface area contributed by atoms with Crippen LogP contribution in [-0.4, -0.2) is 47.2 Å². The Kier molecular flexibility index (Phi) is 4.75. The normalized spacial score (nSPS) is 25.2. The molecule has 134 valence electrons. The smallest absolute Gasteiger partial charge is 0.226 e. The molecular weight excluding hydrogens is 316 g/mol. The fourth-order valence-electron chi connectivity index (χ4n) is 4.09. The van der Waals surface area contributed by atoms with Crippen molar-refractivity contribution >= 4 is 5.91 Å². The van der Waals surface area contributed by atoms with Crippen LogP contribution in [0.5, 0.6) is 5.88 Å². The first-order chi connectivity index (χ1) is 12.2. The second-order valence-corrected chi connectivity index (χ2v) is 7.47. The van der Waals surface area contributed by atoms with Gasteiger partial charge < -0.3 is 14.4 Å². The summed E-state index contributed by atoms with van der Waals surface area (Å²) < 4.78 is 12.0. The molecule has 1 atom stereocenters. The summed E-state index contributed by atoms with van der Waals surface area (Å²) in [5.41, 5.74) is 1.10. The molecular formula is C20H26N2O3. The summed E-state index contributed by atoms with van der Waals surface area (Å²) in [4.78, 5) is 18.7. The predicted molar refractivity (Wildman–Crippen MR) is 94.3 cm³/mol. The number of aromatic nitrogens is 1. The van der Waals surface area contributed by atoms with Gasteiger partial charge in [-0.25, -0.2) is 4.98 Å². The average molecular weight is 342 g/mol. The Morgan fingerprint density at radius 2 is 2.28 bits per heavy atom. The zero-order valence-electron chi connectivity index (χ0n) is 14.7. The third-order valence-electron chi connectivity index (χ3n) is 5.45. The van der Waals surface area contributed by atoms with Gasteiger partial charge in [-0.15, -0.1) is 0 Å². The van der Waals surface area contributed by atoms with Gasteiger partial charge in [0.2, 0.25) is 11.8 Å². The Bertz CT molecular complexity index is 638. The van der Waals surface area contributed by atoms with Crippen molar-refractivity contribution in [1.29, 1.82) is 0 Å². The van der Waals surface area contributed by atoms with Crippen LogP contribution in [0.15, 0.2) is 36.0 Å². The molecule has 0 aromatic carbocycles. The van der Waals surface area contributed by atoms with Gasteiger partial charge in [0.15, 0.2) is 0 Å². The molecule has 0 saturated carbocycles. The van der Waals surface area contributed by atoms with Gasteiger partial charge in [0, 0.05) is 31.5 Å². The van der Waals surface area contributed by atoms with Gasteiger partial charge in [-0.05, 0) is 31.7 Å². The van der Waals surface area contributed by atoms with E-state index in [4.69, 9.17) is 9.47 Å². The van der Waals surface area contributed by atoms with Gasteiger partial charge in [-0.1, -0.05) is 17.7 Å². The SMILES string of the molecule is O=C(CC1=CCCCC1)N1CC2(C[C@@H](Oc3ccccn3)CCO2)C1. The summed E-state index contributed by atoms with van der Waals surface area (Å²) in [6, 6.07) is 5.70. The van der Waals surface area contributed by atoms with E-state index in [2.05, 4.69) is 11.1 Å². The van der Waals surface area contributed by atoms with Crippen molar-refractivity contribution in [3.8, 4) is 5.88 Å². The second kappa shape index (κ2) is 7.16. The number of nitrogens with zero attached hydrogens (tertiary/aromatic N) is 2. The lowest BCUT2D eigenvalue weighted by Gasteiger charge is -2.53. The van der Waals surface area contributed by atoms with Gasteiger partial charge >= 0.3 is 0 Å². The van der Waals surface area contributed by atoms with E-state index in [1.165, 1.54) is 18.4 Å². The molecule has 1 aromatic heterocycles. The number of ether oxygens (including phenoxy) is 2. The highest BCUT2D eigenvalue weighted by atomic mass is 16.5.